The van der Waals surface area contributed by atoms with E-state index < -0.39 is 12.0 Å². The molecule has 0 saturated carbocycles. The topological polar surface area (TPSA) is 85.5 Å². The van der Waals surface area contributed by atoms with Gasteiger partial charge in [0.15, 0.2) is 6.04 Å². The zero-order chi connectivity index (χ0) is 14.5. The van der Waals surface area contributed by atoms with Gasteiger partial charge in [-0.1, -0.05) is 6.07 Å². The third-order valence-corrected chi connectivity index (χ3v) is 3.41. The van der Waals surface area contributed by atoms with E-state index in [2.05, 4.69) is 4.98 Å². The minimum absolute atomic E-state index is 0.0586. The molecule has 0 bridgehead atoms. The lowest BCUT2D eigenvalue weighted by Gasteiger charge is -2.26. The summed E-state index contributed by atoms with van der Waals surface area (Å²) in [6, 6.07) is 2.46. The van der Waals surface area contributed by atoms with Crippen molar-refractivity contribution in [2.75, 3.05) is 13.2 Å². The molecule has 0 spiro atoms. The van der Waals surface area contributed by atoms with Gasteiger partial charge < -0.3 is 15.4 Å². The van der Waals surface area contributed by atoms with Gasteiger partial charge in [-0.2, -0.15) is 0 Å². The van der Waals surface area contributed by atoms with Gasteiger partial charge in [-0.15, -0.1) is 0 Å². The van der Waals surface area contributed by atoms with Crippen molar-refractivity contribution in [3.8, 4) is 0 Å². The Kier molecular flexibility index (Phi) is 4.68. The number of pyridine rings is 1. The summed E-state index contributed by atoms with van der Waals surface area (Å²) < 4.78 is 4.80. The Morgan fingerprint density at radius 2 is 2.40 bits per heavy atom. The Bertz CT molecular complexity index is 478. The molecule has 1 saturated heterocycles. The summed E-state index contributed by atoms with van der Waals surface area (Å²) in [5, 5.41) is 0. The number of likely N-dealkylation sites (tertiary alicyclic amines) is 1. The standard InChI is InChI=1S/C14H19N3O3/c1-2-20-14(19)12(15)13(18)17-8-4-6-11(17)10-5-3-7-16-9-10/h3,5,7,9,11-12H,2,4,6,8,15H2,1H3. The molecule has 0 radical (unpaired) electrons. The molecule has 1 aromatic heterocycles. The van der Waals surface area contributed by atoms with E-state index in [9.17, 15) is 9.59 Å². The van der Waals surface area contributed by atoms with Gasteiger partial charge in [-0.25, -0.2) is 4.79 Å². The summed E-state index contributed by atoms with van der Waals surface area (Å²) in [7, 11) is 0. The molecule has 0 aliphatic carbocycles. The van der Waals surface area contributed by atoms with Gasteiger partial charge in [0.2, 0.25) is 0 Å². The minimum Gasteiger partial charge on any atom is -0.464 e. The minimum atomic E-state index is -1.24. The fourth-order valence-corrected chi connectivity index (χ4v) is 2.46. The van der Waals surface area contributed by atoms with Crippen molar-refractivity contribution in [1.29, 1.82) is 0 Å². The number of ether oxygens (including phenoxy) is 1. The molecule has 1 fully saturated rings. The molecule has 2 N–H and O–H groups in total. The van der Waals surface area contributed by atoms with Crippen LogP contribution in [-0.4, -0.2) is 41.0 Å². The Labute approximate surface area is 117 Å². The molecule has 1 aliphatic heterocycles. The average molecular weight is 277 g/mol. The number of carbonyl (C=O) groups excluding carboxylic acids is 2. The number of aromatic nitrogens is 1. The van der Waals surface area contributed by atoms with Crippen molar-refractivity contribution >= 4 is 11.9 Å². The lowest BCUT2D eigenvalue weighted by Crippen LogP contribution is -2.48. The Morgan fingerprint density at radius 3 is 3.05 bits per heavy atom. The second kappa shape index (κ2) is 6.47. The molecule has 0 aromatic carbocycles. The number of nitrogens with two attached hydrogens (primary N) is 1. The van der Waals surface area contributed by atoms with E-state index in [0.29, 0.717) is 6.54 Å². The van der Waals surface area contributed by atoms with E-state index in [1.54, 1.807) is 24.2 Å². The van der Waals surface area contributed by atoms with E-state index in [-0.39, 0.29) is 18.6 Å². The lowest BCUT2D eigenvalue weighted by molar-refractivity contribution is -0.151. The van der Waals surface area contributed by atoms with Crippen LogP contribution in [0.15, 0.2) is 24.5 Å². The van der Waals surface area contributed by atoms with E-state index in [1.165, 1.54) is 0 Å². The van der Waals surface area contributed by atoms with Crippen LogP contribution in [0.2, 0.25) is 0 Å². The predicted octanol–water partition coefficient (Wildman–Crippen LogP) is 0.635. The molecular weight excluding hydrogens is 258 g/mol. The molecule has 6 heteroatoms. The summed E-state index contributed by atoms with van der Waals surface area (Å²) >= 11 is 0. The molecule has 2 unspecified atom stereocenters. The predicted molar refractivity (Wildman–Crippen MR) is 72.5 cm³/mol. The fraction of sp³-hybridized carbons (Fsp3) is 0.500. The van der Waals surface area contributed by atoms with Crippen LogP contribution < -0.4 is 5.73 Å². The number of hydrogen-bond donors (Lipinski definition) is 1. The smallest absolute Gasteiger partial charge is 0.332 e. The van der Waals surface area contributed by atoms with Crippen LogP contribution >= 0.6 is 0 Å². The monoisotopic (exact) mass is 277 g/mol. The molecular formula is C14H19N3O3. The molecule has 108 valence electrons. The van der Waals surface area contributed by atoms with Crippen LogP contribution in [0.5, 0.6) is 0 Å². The lowest BCUT2D eigenvalue weighted by atomic mass is 10.1. The van der Waals surface area contributed by atoms with Gasteiger partial charge in [-0.05, 0) is 31.4 Å². The zero-order valence-corrected chi connectivity index (χ0v) is 11.5. The Balaban J connectivity index is 2.11. The largest absolute Gasteiger partial charge is 0.464 e. The maximum atomic E-state index is 12.3. The third kappa shape index (κ3) is 2.96. The number of hydrogen-bond acceptors (Lipinski definition) is 5. The van der Waals surface area contributed by atoms with Crippen LogP contribution in [0.3, 0.4) is 0 Å². The SMILES string of the molecule is CCOC(=O)C(N)C(=O)N1CCCC1c1cccnc1. The van der Waals surface area contributed by atoms with Gasteiger partial charge in [-0.3, -0.25) is 9.78 Å². The summed E-state index contributed by atoms with van der Waals surface area (Å²) in [6.45, 7) is 2.50. The summed E-state index contributed by atoms with van der Waals surface area (Å²) in [5.74, 6) is -1.05. The van der Waals surface area contributed by atoms with E-state index in [1.807, 2.05) is 12.1 Å². The maximum Gasteiger partial charge on any atom is 0.332 e. The van der Waals surface area contributed by atoms with Crippen molar-refractivity contribution in [3.05, 3.63) is 30.1 Å². The number of amides is 1. The first-order valence-corrected chi connectivity index (χ1v) is 6.77. The molecule has 1 aliphatic rings. The van der Waals surface area contributed by atoms with Gasteiger partial charge in [0.05, 0.1) is 12.6 Å². The second-order valence-corrected chi connectivity index (χ2v) is 4.71. The molecule has 2 atom stereocenters. The highest BCUT2D eigenvalue weighted by atomic mass is 16.5. The normalized spacial score (nSPS) is 19.7. The third-order valence-electron chi connectivity index (χ3n) is 3.41. The van der Waals surface area contributed by atoms with Crippen molar-refractivity contribution in [2.24, 2.45) is 5.73 Å². The number of nitrogens with zero attached hydrogens (tertiary/aromatic N) is 2. The van der Waals surface area contributed by atoms with Crippen LogP contribution in [0.25, 0.3) is 0 Å². The van der Waals surface area contributed by atoms with Crippen LogP contribution in [0.4, 0.5) is 0 Å². The van der Waals surface area contributed by atoms with Crippen LogP contribution in [0, 0.1) is 0 Å². The summed E-state index contributed by atoms with van der Waals surface area (Å²) in [5.41, 5.74) is 6.65. The summed E-state index contributed by atoms with van der Waals surface area (Å²) in [4.78, 5) is 29.6. The summed E-state index contributed by atoms with van der Waals surface area (Å²) in [6.07, 6.45) is 5.18. The van der Waals surface area contributed by atoms with Gasteiger partial charge in [0.1, 0.15) is 0 Å². The quantitative estimate of drug-likeness (QED) is 0.644. The first kappa shape index (κ1) is 14.5. The Morgan fingerprint density at radius 1 is 1.60 bits per heavy atom. The first-order chi connectivity index (χ1) is 9.65. The zero-order valence-electron chi connectivity index (χ0n) is 11.5. The van der Waals surface area contributed by atoms with Crippen LogP contribution in [0.1, 0.15) is 31.4 Å². The number of carbonyl (C=O) groups is 2. The van der Waals surface area contributed by atoms with E-state index >= 15 is 0 Å². The van der Waals surface area contributed by atoms with Crippen molar-refractivity contribution in [3.63, 3.8) is 0 Å². The highest BCUT2D eigenvalue weighted by Crippen LogP contribution is 2.31. The van der Waals surface area contributed by atoms with E-state index in [0.717, 1.165) is 18.4 Å². The highest BCUT2D eigenvalue weighted by Gasteiger charge is 2.35. The second-order valence-electron chi connectivity index (χ2n) is 4.71. The highest BCUT2D eigenvalue weighted by molar-refractivity contribution is 6.01. The molecule has 1 amide bonds. The van der Waals surface area contributed by atoms with Gasteiger partial charge in [0.25, 0.3) is 5.91 Å². The molecule has 1 aromatic rings. The maximum absolute atomic E-state index is 12.3. The molecule has 2 heterocycles. The van der Waals surface area contributed by atoms with Crippen molar-refractivity contribution < 1.29 is 14.3 Å². The van der Waals surface area contributed by atoms with Crippen molar-refractivity contribution in [2.45, 2.75) is 31.8 Å². The van der Waals surface area contributed by atoms with E-state index in [4.69, 9.17) is 10.5 Å². The first-order valence-electron chi connectivity index (χ1n) is 6.77. The fourth-order valence-electron chi connectivity index (χ4n) is 2.46. The Hall–Kier alpha value is -1.95. The van der Waals surface area contributed by atoms with Crippen LogP contribution in [-0.2, 0) is 14.3 Å². The van der Waals surface area contributed by atoms with Crippen molar-refractivity contribution in [1.82, 2.24) is 9.88 Å². The molecule has 6 nitrogen and oxygen atoms in total. The van der Waals surface area contributed by atoms with Gasteiger partial charge >= 0.3 is 5.97 Å². The molecule has 2 rings (SSSR count). The van der Waals surface area contributed by atoms with Gasteiger partial charge in [0, 0.05) is 18.9 Å². The number of esters is 1. The average Bonchev–Trinajstić information content (AvgIpc) is 2.96. The molecule has 20 heavy (non-hydrogen) atoms. The number of rotatable bonds is 4.